The number of rotatable bonds is 1. The van der Waals surface area contributed by atoms with Crippen LogP contribution in [0.2, 0.25) is 0 Å². The molecule has 0 spiro atoms. The molecule has 2 aliphatic carbocycles. The van der Waals surface area contributed by atoms with Crippen LogP contribution in [0.1, 0.15) is 51.4 Å². The molecule has 18 heavy (non-hydrogen) atoms. The highest BCUT2D eigenvalue weighted by molar-refractivity contribution is 6.21. The van der Waals surface area contributed by atoms with E-state index in [4.69, 9.17) is 11.6 Å². The third-order valence-corrected chi connectivity index (χ3v) is 5.69. The number of halogens is 1. The second kappa shape index (κ2) is 5.40. The molecular weight excluding hydrogens is 246 g/mol. The van der Waals surface area contributed by atoms with Gasteiger partial charge in [0.25, 0.3) is 0 Å². The summed E-state index contributed by atoms with van der Waals surface area (Å²) in [6, 6.07) is 0. The zero-order valence-electron chi connectivity index (χ0n) is 11.1. The van der Waals surface area contributed by atoms with Gasteiger partial charge in [-0.05, 0) is 37.5 Å². The summed E-state index contributed by atoms with van der Waals surface area (Å²) in [5, 5.41) is 0.194. The number of carbonyl (C=O) groups excluding carboxylic acids is 1. The Morgan fingerprint density at radius 1 is 1.00 bits per heavy atom. The molecule has 1 amide bonds. The standard InChI is InChI=1S/C15H24ClNO/c16-14-7-8-17(10-14)15(18)13-6-5-11-3-1-2-4-12(11)9-13/h11-14H,1-10H2. The maximum absolute atomic E-state index is 12.5. The number of hydrogen-bond donors (Lipinski definition) is 0. The number of fused-ring (bicyclic) bond motifs is 1. The van der Waals surface area contributed by atoms with Gasteiger partial charge >= 0.3 is 0 Å². The molecule has 2 saturated carbocycles. The molecule has 0 N–H and O–H groups in total. The molecule has 1 saturated heterocycles. The summed E-state index contributed by atoms with van der Waals surface area (Å²) < 4.78 is 0. The Kier molecular flexibility index (Phi) is 3.83. The van der Waals surface area contributed by atoms with Gasteiger partial charge in [0.15, 0.2) is 0 Å². The van der Waals surface area contributed by atoms with Crippen molar-refractivity contribution in [2.75, 3.05) is 13.1 Å². The van der Waals surface area contributed by atoms with Gasteiger partial charge in [0.05, 0.1) is 5.38 Å². The first-order valence-electron chi connectivity index (χ1n) is 7.67. The molecule has 0 aromatic heterocycles. The van der Waals surface area contributed by atoms with E-state index < -0.39 is 0 Å². The van der Waals surface area contributed by atoms with Gasteiger partial charge in [-0.1, -0.05) is 25.7 Å². The number of amides is 1. The Morgan fingerprint density at radius 3 is 2.50 bits per heavy atom. The van der Waals surface area contributed by atoms with E-state index in [1.54, 1.807) is 0 Å². The van der Waals surface area contributed by atoms with Crippen LogP contribution in [0.5, 0.6) is 0 Å². The van der Waals surface area contributed by atoms with Crippen LogP contribution in [-0.4, -0.2) is 29.3 Å². The van der Waals surface area contributed by atoms with E-state index in [0.717, 1.165) is 44.2 Å². The van der Waals surface area contributed by atoms with Gasteiger partial charge in [0.1, 0.15) is 0 Å². The zero-order valence-corrected chi connectivity index (χ0v) is 11.9. The predicted molar refractivity (Wildman–Crippen MR) is 73.6 cm³/mol. The molecule has 4 unspecified atom stereocenters. The predicted octanol–water partition coefficient (Wildman–Crippen LogP) is 3.43. The van der Waals surface area contributed by atoms with E-state index in [1.807, 2.05) is 4.90 Å². The van der Waals surface area contributed by atoms with Crippen LogP contribution in [0.15, 0.2) is 0 Å². The maximum atomic E-state index is 12.5. The molecular formula is C15H24ClNO. The fourth-order valence-corrected chi connectivity index (χ4v) is 4.54. The lowest BCUT2D eigenvalue weighted by molar-refractivity contribution is -0.136. The fourth-order valence-electron chi connectivity index (χ4n) is 4.27. The Bertz CT molecular complexity index is 320. The molecule has 0 bridgehead atoms. The maximum Gasteiger partial charge on any atom is 0.225 e. The summed E-state index contributed by atoms with van der Waals surface area (Å²) in [6.07, 6.45) is 10.1. The van der Waals surface area contributed by atoms with Crippen LogP contribution >= 0.6 is 11.6 Å². The second-order valence-electron chi connectivity index (χ2n) is 6.48. The van der Waals surface area contributed by atoms with Crippen molar-refractivity contribution < 1.29 is 4.79 Å². The summed E-state index contributed by atoms with van der Waals surface area (Å²) in [6.45, 7) is 1.67. The topological polar surface area (TPSA) is 20.3 Å². The van der Waals surface area contributed by atoms with Gasteiger partial charge in [-0.15, -0.1) is 11.6 Å². The number of nitrogens with zero attached hydrogens (tertiary/aromatic N) is 1. The Labute approximate surface area is 115 Å². The van der Waals surface area contributed by atoms with Crippen molar-refractivity contribution in [3.8, 4) is 0 Å². The smallest absolute Gasteiger partial charge is 0.225 e. The molecule has 3 rings (SSSR count). The normalized spacial score (nSPS) is 40.6. The van der Waals surface area contributed by atoms with Gasteiger partial charge in [-0.2, -0.15) is 0 Å². The van der Waals surface area contributed by atoms with E-state index in [9.17, 15) is 4.79 Å². The third-order valence-electron chi connectivity index (χ3n) is 5.33. The third kappa shape index (κ3) is 2.54. The highest BCUT2D eigenvalue weighted by Gasteiger charge is 2.37. The van der Waals surface area contributed by atoms with E-state index in [0.29, 0.717) is 11.8 Å². The highest BCUT2D eigenvalue weighted by atomic mass is 35.5. The van der Waals surface area contributed by atoms with Gasteiger partial charge in [-0.3, -0.25) is 4.79 Å². The number of likely N-dealkylation sites (tertiary alicyclic amines) is 1. The first-order chi connectivity index (χ1) is 8.74. The summed E-state index contributed by atoms with van der Waals surface area (Å²) in [5.74, 6) is 2.49. The fraction of sp³-hybridized carbons (Fsp3) is 0.933. The van der Waals surface area contributed by atoms with Gasteiger partial charge < -0.3 is 4.90 Å². The number of carbonyl (C=O) groups is 1. The van der Waals surface area contributed by atoms with E-state index in [-0.39, 0.29) is 5.38 Å². The van der Waals surface area contributed by atoms with Crippen molar-refractivity contribution >= 4 is 17.5 Å². The molecule has 3 fully saturated rings. The van der Waals surface area contributed by atoms with Crippen molar-refractivity contribution in [1.29, 1.82) is 0 Å². The summed E-state index contributed by atoms with van der Waals surface area (Å²) in [7, 11) is 0. The van der Waals surface area contributed by atoms with Crippen LogP contribution in [0.4, 0.5) is 0 Å². The molecule has 3 heteroatoms. The lowest BCUT2D eigenvalue weighted by Crippen LogP contribution is -2.39. The van der Waals surface area contributed by atoms with E-state index in [2.05, 4.69) is 0 Å². The minimum absolute atomic E-state index is 0.194. The second-order valence-corrected chi connectivity index (χ2v) is 7.10. The summed E-state index contributed by atoms with van der Waals surface area (Å²) in [4.78, 5) is 14.5. The van der Waals surface area contributed by atoms with Crippen LogP contribution < -0.4 is 0 Å². The first-order valence-corrected chi connectivity index (χ1v) is 8.10. The molecule has 102 valence electrons. The van der Waals surface area contributed by atoms with Crippen molar-refractivity contribution in [3.05, 3.63) is 0 Å². The molecule has 3 aliphatic rings. The van der Waals surface area contributed by atoms with E-state index >= 15 is 0 Å². The van der Waals surface area contributed by atoms with E-state index in [1.165, 1.54) is 32.1 Å². The lowest BCUT2D eigenvalue weighted by Gasteiger charge is -2.39. The van der Waals surface area contributed by atoms with Crippen molar-refractivity contribution in [3.63, 3.8) is 0 Å². The van der Waals surface area contributed by atoms with Crippen molar-refractivity contribution in [2.45, 2.75) is 56.7 Å². The number of alkyl halides is 1. The number of hydrogen-bond acceptors (Lipinski definition) is 1. The first kappa shape index (κ1) is 12.8. The molecule has 0 radical (unpaired) electrons. The summed E-state index contributed by atoms with van der Waals surface area (Å²) >= 11 is 6.11. The Morgan fingerprint density at radius 2 is 1.78 bits per heavy atom. The lowest BCUT2D eigenvalue weighted by atomic mass is 9.67. The summed E-state index contributed by atoms with van der Waals surface area (Å²) in [5.41, 5.74) is 0. The molecule has 0 aromatic rings. The SMILES string of the molecule is O=C(C1CCC2CCCCC2C1)N1CCC(Cl)C1. The minimum atomic E-state index is 0.194. The minimum Gasteiger partial charge on any atom is -0.341 e. The molecule has 0 aromatic carbocycles. The van der Waals surface area contributed by atoms with Gasteiger partial charge in [0, 0.05) is 19.0 Å². The average molecular weight is 270 g/mol. The molecule has 2 nitrogen and oxygen atoms in total. The van der Waals surface area contributed by atoms with Crippen LogP contribution in [-0.2, 0) is 4.79 Å². The van der Waals surface area contributed by atoms with Crippen molar-refractivity contribution in [1.82, 2.24) is 4.90 Å². The molecule has 1 heterocycles. The van der Waals surface area contributed by atoms with Gasteiger partial charge in [0.2, 0.25) is 5.91 Å². The highest BCUT2D eigenvalue weighted by Crippen LogP contribution is 2.43. The van der Waals surface area contributed by atoms with Crippen LogP contribution in [0.3, 0.4) is 0 Å². The largest absolute Gasteiger partial charge is 0.341 e. The zero-order chi connectivity index (χ0) is 12.5. The monoisotopic (exact) mass is 269 g/mol. The average Bonchev–Trinajstić information content (AvgIpc) is 2.84. The van der Waals surface area contributed by atoms with Crippen LogP contribution in [0.25, 0.3) is 0 Å². The quantitative estimate of drug-likeness (QED) is 0.668. The Hall–Kier alpha value is -0.240. The van der Waals surface area contributed by atoms with Crippen LogP contribution in [0, 0.1) is 17.8 Å². The van der Waals surface area contributed by atoms with Gasteiger partial charge in [-0.25, -0.2) is 0 Å². The molecule has 4 atom stereocenters. The Balaban J connectivity index is 1.58. The molecule has 1 aliphatic heterocycles. The van der Waals surface area contributed by atoms with Crippen molar-refractivity contribution in [2.24, 2.45) is 17.8 Å².